The van der Waals surface area contributed by atoms with Gasteiger partial charge in [-0.3, -0.25) is 0 Å². The van der Waals surface area contributed by atoms with Crippen molar-refractivity contribution in [3.8, 4) is 11.5 Å². The SMILES string of the molecule is C=CCNCc1cc(OCC)c(OCC)cc1Br. The molecule has 0 spiro atoms. The second-order valence-electron chi connectivity index (χ2n) is 3.68. The fourth-order valence-electron chi connectivity index (χ4n) is 1.56. The molecule has 3 nitrogen and oxygen atoms in total. The Bertz CT molecular complexity index is 394. The molecule has 0 aliphatic rings. The van der Waals surface area contributed by atoms with Crippen LogP contribution in [0.5, 0.6) is 11.5 Å². The van der Waals surface area contributed by atoms with E-state index >= 15 is 0 Å². The number of nitrogens with one attached hydrogen (secondary N) is 1. The molecule has 0 aliphatic heterocycles. The Morgan fingerprint density at radius 3 is 2.39 bits per heavy atom. The van der Waals surface area contributed by atoms with Gasteiger partial charge < -0.3 is 14.8 Å². The molecule has 4 heteroatoms. The zero-order valence-corrected chi connectivity index (χ0v) is 12.5. The summed E-state index contributed by atoms with van der Waals surface area (Å²) in [6.07, 6.45) is 1.84. The van der Waals surface area contributed by atoms with Crippen molar-refractivity contribution in [2.45, 2.75) is 20.4 Å². The van der Waals surface area contributed by atoms with Gasteiger partial charge in [0.15, 0.2) is 11.5 Å². The highest BCUT2D eigenvalue weighted by molar-refractivity contribution is 9.10. The molecular formula is C14H20BrNO2. The number of halogens is 1. The topological polar surface area (TPSA) is 30.5 Å². The van der Waals surface area contributed by atoms with Gasteiger partial charge in [0, 0.05) is 17.6 Å². The monoisotopic (exact) mass is 313 g/mol. The second kappa shape index (κ2) is 8.16. The van der Waals surface area contributed by atoms with E-state index in [4.69, 9.17) is 9.47 Å². The second-order valence-corrected chi connectivity index (χ2v) is 4.53. The van der Waals surface area contributed by atoms with Gasteiger partial charge in [0.05, 0.1) is 13.2 Å². The first-order valence-electron chi connectivity index (χ1n) is 6.12. The quantitative estimate of drug-likeness (QED) is 0.588. The van der Waals surface area contributed by atoms with Gasteiger partial charge in [-0.25, -0.2) is 0 Å². The van der Waals surface area contributed by atoms with Crippen molar-refractivity contribution in [3.63, 3.8) is 0 Å². The van der Waals surface area contributed by atoms with E-state index in [-0.39, 0.29) is 0 Å². The molecule has 100 valence electrons. The van der Waals surface area contributed by atoms with E-state index in [0.29, 0.717) is 13.2 Å². The molecule has 0 unspecified atom stereocenters. The Morgan fingerprint density at radius 1 is 1.22 bits per heavy atom. The standard InChI is InChI=1S/C14H20BrNO2/c1-4-7-16-10-11-8-13(17-5-2)14(18-6-3)9-12(11)15/h4,8-9,16H,1,5-7,10H2,2-3H3. The molecule has 0 saturated heterocycles. The van der Waals surface area contributed by atoms with Crippen LogP contribution in [0.15, 0.2) is 29.3 Å². The number of ether oxygens (including phenoxy) is 2. The molecule has 0 atom stereocenters. The summed E-state index contributed by atoms with van der Waals surface area (Å²) in [6.45, 7) is 10.4. The molecule has 0 bridgehead atoms. The van der Waals surface area contributed by atoms with Crippen molar-refractivity contribution in [1.29, 1.82) is 0 Å². The molecule has 0 amide bonds. The lowest BCUT2D eigenvalue weighted by Gasteiger charge is -2.14. The van der Waals surface area contributed by atoms with Crippen molar-refractivity contribution in [2.24, 2.45) is 0 Å². The maximum absolute atomic E-state index is 5.60. The normalized spacial score (nSPS) is 10.2. The maximum Gasteiger partial charge on any atom is 0.162 e. The van der Waals surface area contributed by atoms with E-state index in [2.05, 4.69) is 27.8 Å². The zero-order chi connectivity index (χ0) is 13.4. The van der Waals surface area contributed by atoms with E-state index in [1.54, 1.807) is 0 Å². The van der Waals surface area contributed by atoms with Crippen molar-refractivity contribution in [3.05, 3.63) is 34.8 Å². The molecule has 0 radical (unpaired) electrons. The van der Waals surface area contributed by atoms with Crippen LogP contribution in [0.2, 0.25) is 0 Å². The highest BCUT2D eigenvalue weighted by Crippen LogP contribution is 2.33. The van der Waals surface area contributed by atoms with Gasteiger partial charge in [0.25, 0.3) is 0 Å². The summed E-state index contributed by atoms with van der Waals surface area (Å²) in [5, 5.41) is 3.27. The average molecular weight is 314 g/mol. The number of hydrogen-bond donors (Lipinski definition) is 1. The van der Waals surface area contributed by atoms with Crippen molar-refractivity contribution < 1.29 is 9.47 Å². The van der Waals surface area contributed by atoms with E-state index in [1.807, 2.05) is 32.1 Å². The maximum atomic E-state index is 5.60. The summed E-state index contributed by atoms with van der Waals surface area (Å²) >= 11 is 3.55. The van der Waals surface area contributed by atoms with E-state index in [1.165, 1.54) is 0 Å². The van der Waals surface area contributed by atoms with Crippen molar-refractivity contribution in [1.82, 2.24) is 5.32 Å². The summed E-state index contributed by atoms with van der Waals surface area (Å²) < 4.78 is 12.2. The number of hydrogen-bond acceptors (Lipinski definition) is 3. The minimum absolute atomic E-state index is 0.626. The molecule has 0 aliphatic carbocycles. The first-order chi connectivity index (χ1) is 8.72. The van der Waals surface area contributed by atoms with Gasteiger partial charge in [-0.2, -0.15) is 0 Å². The van der Waals surface area contributed by atoms with Gasteiger partial charge in [-0.1, -0.05) is 22.0 Å². The Morgan fingerprint density at radius 2 is 1.83 bits per heavy atom. The molecule has 0 aromatic heterocycles. The summed E-state index contributed by atoms with van der Waals surface area (Å²) in [6, 6.07) is 3.97. The molecule has 0 saturated carbocycles. The summed E-state index contributed by atoms with van der Waals surface area (Å²) in [4.78, 5) is 0. The van der Waals surface area contributed by atoms with Crippen LogP contribution in [0.25, 0.3) is 0 Å². The molecule has 18 heavy (non-hydrogen) atoms. The lowest BCUT2D eigenvalue weighted by atomic mass is 10.2. The zero-order valence-electron chi connectivity index (χ0n) is 11.0. The molecule has 1 N–H and O–H groups in total. The summed E-state index contributed by atoms with van der Waals surface area (Å²) in [5.74, 6) is 1.57. The minimum atomic E-state index is 0.626. The van der Waals surface area contributed by atoms with E-state index in [9.17, 15) is 0 Å². The van der Waals surface area contributed by atoms with Gasteiger partial charge in [-0.15, -0.1) is 6.58 Å². The molecule has 1 rings (SSSR count). The smallest absolute Gasteiger partial charge is 0.162 e. The highest BCUT2D eigenvalue weighted by atomic mass is 79.9. The number of benzene rings is 1. The third-order valence-corrected chi connectivity index (χ3v) is 3.05. The van der Waals surface area contributed by atoms with Crippen LogP contribution in [0.3, 0.4) is 0 Å². The van der Waals surface area contributed by atoms with Crippen LogP contribution in [-0.2, 0) is 6.54 Å². The van der Waals surface area contributed by atoms with Crippen LogP contribution in [0.4, 0.5) is 0 Å². The van der Waals surface area contributed by atoms with E-state index in [0.717, 1.165) is 34.6 Å². The fraction of sp³-hybridized carbons (Fsp3) is 0.429. The van der Waals surface area contributed by atoms with Crippen molar-refractivity contribution >= 4 is 15.9 Å². The van der Waals surface area contributed by atoms with Gasteiger partial charge in [0.2, 0.25) is 0 Å². The average Bonchev–Trinajstić information content (AvgIpc) is 2.35. The minimum Gasteiger partial charge on any atom is -0.490 e. The van der Waals surface area contributed by atoms with Crippen LogP contribution >= 0.6 is 15.9 Å². The van der Waals surface area contributed by atoms with Gasteiger partial charge in [0.1, 0.15) is 0 Å². The van der Waals surface area contributed by atoms with Crippen LogP contribution in [0.1, 0.15) is 19.4 Å². The molecular weight excluding hydrogens is 294 g/mol. The first-order valence-corrected chi connectivity index (χ1v) is 6.91. The Labute approximate surface area is 117 Å². The van der Waals surface area contributed by atoms with Crippen LogP contribution < -0.4 is 14.8 Å². The molecule has 0 heterocycles. The predicted molar refractivity (Wildman–Crippen MR) is 78.4 cm³/mol. The lowest BCUT2D eigenvalue weighted by molar-refractivity contribution is 0.287. The number of rotatable bonds is 8. The van der Waals surface area contributed by atoms with E-state index < -0.39 is 0 Å². The van der Waals surface area contributed by atoms with Gasteiger partial charge in [-0.05, 0) is 31.5 Å². The third-order valence-electron chi connectivity index (χ3n) is 2.32. The molecule has 1 aromatic carbocycles. The molecule has 1 aromatic rings. The fourth-order valence-corrected chi connectivity index (χ4v) is 2.02. The Kier molecular flexibility index (Phi) is 6.83. The van der Waals surface area contributed by atoms with Gasteiger partial charge >= 0.3 is 0 Å². The predicted octanol–water partition coefficient (Wildman–Crippen LogP) is 3.52. The first kappa shape index (κ1) is 15.1. The van der Waals surface area contributed by atoms with Crippen LogP contribution in [0, 0.1) is 0 Å². The van der Waals surface area contributed by atoms with Crippen LogP contribution in [-0.4, -0.2) is 19.8 Å². The summed E-state index contributed by atoms with van der Waals surface area (Å²) in [7, 11) is 0. The Hall–Kier alpha value is -1.00. The lowest BCUT2D eigenvalue weighted by Crippen LogP contribution is -2.13. The Balaban J connectivity index is 2.90. The largest absolute Gasteiger partial charge is 0.490 e. The highest BCUT2D eigenvalue weighted by Gasteiger charge is 2.10. The third kappa shape index (κ3) is 4.35. The molecule has 0 fully saturated rings. The van der Waals surface area contributed by atoms with Crippen molar-refractivity contribution in [2.75, 3.05) is 19.8 Å². The summed E-state index contributed by atoms with van der Waals surface area (Å²) in [5.41, 5.74) is 1.14.